The summed E-state index contributed by atoms with van der Waals surface area (Å²) in [6.45, 7) is 7.27. The molecule has 0 spiro atoms. The zero-order valence-corrected chi connectivity index (χ0v) is 9.49. The molecule has 4 nitrogen and oxygen atoms in total. The Morgan fingerprint density at radius 1 is 1.33 bits per heavy atom. The van der Waals surface area contributed by atoms with Gasteiger partial charge in [-0.2, -0.15) is 0 Å². The minimum absolute atomic E-state index is 0.000972. The van der Waals surface area contributed by atoms with Crippen LogP contribution in [0.2, 0.25) is 0 Å². The second-order valence-corrected chi connectivity index (χ2v) is 4.63. The first-order valence-electron chi connectivity index (χ1n) is 5.49. The van der Waals surface area contributed by atoms with Gasteiger partial charge in [0.25, 0.3) is 0 Å². The molecule has 1 aliphatic carbocycles. The minimum atomic E-state index is -0.507. The van der Waals surface area contributed by atoms with Gasteiger partial charge in [-0.1, -0.05) is 0 Å². The summed E-state index contributed by atoms with van der Waals surface area (Å²) in [6.07, 6.45) is 0. The number of carbonyl (C=O) groups excluding carboxylic acids is 1. The van der Waals surface area contributed by atoms with E-state index in [1.807, 2.05) is 20.8 Å². The number of hydrogen-bond donors (Lipinski definition) is 0. The molecule has 0 unspecified atom stereocenters. The lowest BCUT2D eigenvalue weighted by molar-refractivity contribution is -0.208. The van der Waals surface area contributed by atoms with E-state index < -0.39 is 5.79 Å². The molecule has 0 radical (unpaired) electrons. The molecule has 0 amide bonds. The predicted octanol–water partition coefficient (Wildman–Crippen LogP) is 1.19. The third kappa shape index (κ3) is 2.16. The molecule has 15 heavy (non-hydrogen) atoms. The van der Waals surface area contributed by atoms with Crippen LogP contribution in [-0.4, -0.2) is 31.6 Å². The molecule has 2 atom stereocenters. The maximum absolute atomic E-state index is 11.5. The second kappa shape index (κ2) is 3.76. The van der Waals surface area contributed by atoms with Gasteiger partial charge in [0.05, 0.1) is 25.7 Å². The quantitative estimate of drug-likeness (QED) is 0.648. The monoisotopic (exact) mass is 214 g/mol. The summed E-state index contributed by atoms with van der Waals surface area (Å²) < 4.78 is 16.1. The number of carbonyl (C=O) groups is 1. The summed E-state index contributed by atoms with van der Waals surface area (Å²) in [5.74, 6) is -0.00999. The number of rotatable bonds is 2. The van der Waals surface area contributed by atoms with Crippen molar-refractivity contribution in [1.82, 2.24) is 0 Å². The van der Waals surface area contributed by atoms with Gasteiger partial charge in [0.15, 0.2) is 5.79 Å². The fourth-order valence-corrected chi connectivity index (χ4v) is 2.12. The van der Waals surface area contributed by atoms with Gasteiger partial charge in [0.1, 0.15) is 0 Å². The fourth-order valence-electron chi connectivity index (χ4n) is 2.12. The Kier molecular flexibility index (Phi) is 2.73. The van der Waals surface area contributed by atoms with E-state index in [-0.39, 0.29) is 11.9 Å². The van der Waals surface area contributed by atoms with Crippen molar-refractivity contribution in [3.05, 3.63) is 0 Å². The molecule has 4 heteroatoms. The van der Waals surface area contributed by atoms with Crippen LogP contribution in [0, 0.1) is 17.8 Å². The van der Waals surface area contributed by atoms with Gasteiger partial charge in [-0.05, 0) is 20.8 Å². The highest BCUT2D eigenvalue weighted by molar-refractivity contribution is 5.76. The van der Waals surface area contributed by atoms with Gasteiger partial charge in [-0.15, -0.1) is 0 Å². The predicted molar refractivity (Wildman–Crippen MR) is 53.1 cm³/mol. The maximum atomic E-state index is 11.5. The average Bonchev–Trinajstić information content (AvgIpc) is 2.86. The Morgan fingerprint density at radius 2 is 1.87 bits per heavy atom. The first kappa shape index (κ1) is 10.9. The summed E-state index contributed by atoms with van der Waals surface area (Å²) >= 11 is 0. The molecule has 1 heterocycles. The highest BCUT2D eigenvalue weighted by Gasteiger charge is 2.57. The Morgan fingerprint density at radius 3 is 2.33 bits per heavy atom. The lowest BCUT2D eigenvalue weighted by atomic mass is 10.3. The van der Waals surface area contributed by atoms with Crippen LogP contribution in [0.4, 0.5) is 0 Å². The molecule has 0 aromatic rings. The molecule has 1 aliphatic heterocycles. The number of ether oxygens (including phenoxy) is 3. The van der Waals surface area contributed by atoms with E-state index in [2.05, 4.69) is 0 Å². The first-order valence-corrected chi connectivity index (χ1v) is 5.49. The van der Waals surface area contributed by atoms with Crippen LogP contribution in [0.15, 0.2) is 0 Å². The number of fused-ring (bicyclic) bond motifs is 1. The molecule has 2 aliphatic rings. The summed E-state index contributed by atoms with van der Waals surface area (Å²) in [4.78, 5) is 11.5. The average molecular weight is 214 g/mol. The standard InChI is InChI=1S/C11H18O4/c1-4-13-10(12)9-7-5-14-11(2,3)15-6-8(7)9/h7-9H,4-6H2,1-3H3/t7-,8-/m0/s1. The van der Waals surface area contributed by atoms with Gasteiger partial charge < -0.3 is 14.2 Å². The lowest BCUT2D eigenvalue weighted by Crippen LogP contribution is -2.29. The van der Waals surface area contributed by atoms with E-state index in [1.165, 1.54) is 0 Å². The van der Waals surface area contributed by atoms with Gasteiger partial charge in [-0.3, -0.25) is 4.79 Å². The Labute approximate surface area is 89.9 Å². The van der Waals surface area contributed by atoms with E-state index in [4.69, 9.17) is 14.2 Å². The van der Waals surface area contributed by atoms with Crippen molar-refractivity contribution in [1.29, 1.82) is 0 Å². The van der Waals surface area contributed by atoms with Crippen LogP contribution in [0.1, 0.15) is 20.8 Å². The second-order valence-electron chi connectivity index (χ2n) is 4.63. The zero-order valence-electron chi connectivity index (χ0n) is 9.49. The van der Waals surface area contributed by atoms with Crippen LogP contribution >= 0.6 is 0 Å². The Bertz CT molecular complexity index is 245. The summed E-state index contributed by atoms with van der Waals surface area (Å²) in [5, 5.41) is 0. The molecular formula is C11H18O4. The van der Waals surface area contributed by atoms with Crippen molar-refractivity contribution in [2.24, 2.45) is 17.8 Å². The summed E-state index contributed by atoms with van der Waals surface area (Å²) in [7, 11) is 0. The third-order valence-electron chi connectivity index (χ3n) is 3.14. The van der Waals surface area contributed by atoms with Crippen molar-refractivity contribution in [2.45, 2.75) is 26.6 Å². The van der Waals surface area contributed by atoms with Gasteiger partial charge in [0.2, 0.25) is 0 Å². The SMILES string of the molecule is CCOC(=O)C1[C@H]2COC(C)(C)OC[C@H]12. The highest BCUT2D eigenvalue weighted by atomic mass is 16.7. The van der Waals surface area contributed by atoms with Crippen molar-refractivity contribution in [3.8, 4) is 0 Å². The molecule has 1 saturated carbocycles. The van der Waals surface area contributed by atoms with Crippen LogP contribution in [0.3, 0.4) is 0 Å². The van der Waals surface area contributed by atoms with Crippen molar-refractivity contribution in [3.63, 3.8) is 0 Å². The Hall–Kier alpha value is -0.610. The lowest BCUT2D eigenvalue weighted by Gasteiger charge is -2.24. The van der Waals surface area contributed by atoms with Crippen LogP contribution < -0.4 is 0 Å². The molecular weight excluding hydrogens is 196 g/mol. The molecule has 0 aromatic carbocycles. The van der Waals surface area contributed by atoms with E-state index in [9.17, 15) is 4.79 Å². The summed E-state index contributed by atoms with van der Waals surface area (Å²) in [5.41, 5.74) is 0. The molecule has 0 aromatic heterocycles. The number of hydrogen-bond acceptors (Lipinski definition) is 4. The topological polar surface area (TPSA) is 44.8 Å². The van der Waals surface area contributed by atoms with Crippen LogP contribution in [0.5, 0.6) is 0 Å². The zero-order chi connectivity index (χ0) is 11.1. The van der Waals surface area contributed by atoms with Gasteiger partial charge in [0, 0.05) is 11.8 Å². The fraction of sp³-hybridized carbons (Fsp3) is 0.909. The number of esters is 1. The van der Waals surface area contributed by atoms with Crippen LogP contribution in [0.25, 0.3) is 0 Å². The van der Waals surface area contributed by atoms with Crippen LogP contribution in [-0.2, 0) is 19.0 Å². The van der Waals surface area contributed by atoms with Gasteiger partial charge >= 0.3 is 5.97 Å². The summed E-state index contributed by atoms with van der Waals surface area (Å²) in [6, 6.07) is 0. The van der Waals surface area contributed by atoms with E-state index >= 15 is 0 Å². The normalized spacial score (nSPS) is 37.7. The largest absolute Gasteiger partial charge is 0.466 e. The molecule has 0 N–H and O–H groups in total. The smallest absolute Gasteiger partial charge is 0.309 e. The minimum Gasteiger partial charge on any atom is -0.466 e. The highest BCUT2D eigenvalue weighted by Crippen LogP contribution is 2.50. The van der Waals surface area contributed by atoms with E-state index in [0.717, 1.165) is 0 Å². The van der Waals surface area contributed by atoms with E-state index in [1.54, 1.807) is 0 Å². The van der Waals surface area contributed by atoms with Crippen molar-refractivity contribution >= 4 is 5.97 Å². The molecule has 1 saturated heterocycles. The molecule has 86 valence electrons. The van der Waals surface area contributed by atoms with E-state index in [0.29, 0.717) is 31.7 Å². The van der Waals surface area contributed by atoms with Gasteiger partial charge in [-0.25, -0.2) is 0 Å². The molecule has 2 fully saturated rings. The first-order chi connectivity index (χ1) is 7.05. The Balaban J connectivity index is 1.90. The molecule has 2 rings (SSSR count). The van der Waals surface area contributed by atoms with Crippen molar-refractivity contribution < 1.29 is 19.0 Å². The third-order valence-corrected chi connectivity index (χ3v) is 3.14. The van der Waals surface area contributed by atoms with Crippen molar-refractivity contribution in [2.75, 3.05) is 19.8 Å². The molecule has 0 bridgehead atoms. The maximum Gasteiger partial charge on any atom is 0.309 e.